The fraction of sp³-hybridized carbons (Fsp3) is 0.533. The predicted molar refractivity (Wildman–Crippen MR) is 82.8 cm³/mol. The predicted octanol–water partition coefficient (Wildman–Crippen LogP) is 5.49. The van der Waals surface area contributed by atoms with Crippen molar-refractivity contribution >= 4 is 40.8 Å². The molecule has 1 saturated carbocycles. The zero-order valence-electron chi connectivity index (χ0n) is 11.5. The average Bonchev–Trinajstić information content (AvgIpc) is 3.17. The highest BCUT2D eigenvalue weighted by molar-refractivity contribution is 6.45. The van der Waals surface area contributed by atoms with Crippen LogP contribution in [0.5, 0.6) is 0 Å². The first-order valence-corrected chi connectivity index (χ1v) is 7.85. The molecule has 110 valence electrons. The molecular formula is C15H17Cl3O2. The van der Waals surface area contributed by atoms with Crippen molar-refractivity contribution in [1.82, 2.24) is 0 Å². The van der Waals surface area contributed by atoms with Gasteiger partial charge in [0.15, 0.2) is 0 Å². The van der Waals surface area contributed by atoms with E-state index in [1.54, 1.807) is 0 Å². The van der Waals surface area contributed by atoms with Crippen molar-refractivity contribution in [2.75, 3.05) is 6.61 Å². The second kappa shape index (κ2) is 6.55. The fourth-order valence-electron chi connectivity index (χ4n) is 2.35. The first-order valence-electron chi connectivity index (χ1n) is 6.71. The van der Waals surface area contributed by atoms with E-state index >= 15 is 0 Å². The Bertz CT molecular complexity index is 508. The quantitative estimate of drug-likeness (QED) is 0.525. The van der Waals surface area contributed by atoms with Gasteiger partial charge < -0.3 is 4.74 Å². The summed E-state index contributed by atoms with van der Waals surface area (Å²) in [5.41, 5.74) is 0.225. The summed E-state index contributed by atoms with van der Waals surface area (Å²) in [6.07, 6.45) is 2.45. The van der Waals surface area contributed by atoms with E-state index in [-0.39, 0.29) is 15.6 Å². The third-order valence-electron chi connectivity index (χ3n) is 3.70. The van der Waals surface area contributed by atoms with E-state index in [1.807, 2.05) is 0 Å². The molecule has 0 aromatic heterocycles. The molecule has 2 rings (SSSR count). The molecule has 0 saturated heterocycles. The second-order valence-electron chi connectivity index (χ2n) is 5.59. The fourth-order valence-corrected chi connectivity index (χ4v) is 3.03. The summed E-state index contributed by atoms with van der Waals surface area (Å²) in [6, 6.07) is 2.99. The van der Waals surface area contributed by atoms with Gasteiger partial charge in [0, 0.05) is 5.02 Å². The van der Waals surface area contributed by atoms with Crippen molar-refractivity contribution in [3.63, 3.8) is 0 Å². The van der Waals surface area contributed by atoms with Gasteiger partial charge in [-0.2, -0.15) is 0 Å². The number of esters is 1. The molecule has 1 aliphatic carbocycles. The van der Waals surface area contributed by atoms with Gasteiger partial charge in [-0.05, 0) is 42.7 Å². The molecule has 1 aromatic carbocycles. The topological polar surface area (TPSA) is 26.3 Å². The first kappa shape index (κ1) is 15.9. The molecule has 0 spiro atoms. The highest BCUT2D eigenvalue weighted by atomic mass is 35.5. The summed E-state index contributed by atoms with van der Waals surface area (Å²) < 4.78 is 5.40. The van der Waals surface area contributed by atoms with Crippen LogP contribution in [0.2, 0.25) is 15.1 Å². The molecule has 1 atom stereocenters. The number of ether oxygens (including phenoxy) is 1. The van der Waals surface area contributed by atoms with Crippen molar-refractivity contribution in [2.45, 2.75) is 26.7 Å². The van der Waals surface area contributed by atoms with E-state index in [4.69, 9.17) is 39.5 Å². The maximum absolute atomic E-state index is 12.1. The molecule has 1 fully saturated rings. The maximum Gasteiger partial charge on any atom is 0.339 e. The zero-order chi connectivity index (χ0) is 14.9. The average molecular weight is 336 g/mol. The monoisotopic (exact) mass is 334 g/mol. The van der Waals surface area contributed by atoms with Crippen molar-refractivity contribution in [3.05, 3.63) is 32.8 Å². The van der Waals surface area contributed by atoms with Gasteiger partial charge in [-0.3, -0.25) is 0 Å². The van der Waals surface area contributed by atoms with Gasteiger partial charge in [0.05, 0.1) is 22.2 Å². The zero-order valence-corrected chi connectivity index (χ0v) is 13.7. The summed E-state index contributed by atoms with van der Waals surface area (Å²) in [6.45, 7) is 4.72. The molecule has 0 N–H and O–H groups in total. The van der Waals surface area contributed by atoms with E-state index in [2.05, 4.69) is 13.8 Å². The number of benzene rings is 1. The van der Waals surface area contributed by atoms with Gasteiger partial charge in [0.1, 0.15) is 0 Å². The normalized spacial score (nSPS) is 16.3. The molecule has 20 heavy (non-hydrogen) atoms. The Morgan fingerprint density at radius 1 is 1.30 bits per heavy atom. The number of halogens is 3. The molecule has 1 aliphatic rings. The molecular weight excluding hydrogens is 319 g/mol. The lowest BCUT2D eigenvalue weighted by atomic mass is 9.92. The Kier molecular flexibility index (Phi) is 5.22. The minimum Gasteiger partial charge on any atom is -0.462 e. The third kappa shape index (κ3) is 3.81. The summed E-state index contributed by atoms with van der Waals surface area (Å²) in [7, 11) is 0. The molecule has 0 aliphatic heterocycles. The number of hydrogen-bond donors (Lipinski definition) is 0. The van der Waals surface area contributed by atoms with Crippen molar-refractivity contribution in [3.8, 4) is 0 Å². The largest absolute Gasteiger partial charge is 0.462 e. The molecule has 0 amide bonds. The van der Waals surface area contributed by atoms with Crippen LogP contribution < -0.4 is 0 Å². The number of rotatable bonds is 5. The molecule has 0 bridgehead atoms. The van der Waals surface area contributed by atoms with E-state index in [0.29, 0.717) is 29.4 Å². The Morgan fingerprint density at radius 3 is 2.50 bits per heavy atom. The van der Waals surface area contributed by atoms with Crippen LogP contribution in [-0.4, -0.2) is 12.6 Å². The van der Waals surface area contributed by atoms with Crippen LogP contribution in [0.4, 0.5) is 0 Å². The lowest BCUT2D eigenvalue weighted by Gasteiger charge is -2.20. The molecule has 0 radical (unpaired) electrons. The lowest BCUT2D eigenvalue weighted by Crippen LogP contribution is -2.20. The Morgan fingerprint density at radius 2 is 1.95 bits per heavy atom. The van der Waals surface area contributed by atoms with Crippen LogP contribution in [-0.2, 0) is 4.74 Å². The van der Waals surface area contributed by atoms with Gasteiger partial charge >= 0.3 is 5.97 Å². The van der Waals surface area contributed by atoms with Crippen LogP contribution in [0.3, 0.4) is 0 Å². The van der Waals surface area contributed by atoms with Crippen LogP contribution in [0.25, 0.3) is 0 Å². The summed E-state index contributed by atoms with van der Waals surface area (Å²) in [4.78, 5) is 12.1. The molecule has 5 heteroatoms. The summed E-state index contributed by atoms with van der Waals surface area (Å²) >= 11 is 17.8. The van der Waals surface area contributed by atoms with Crippen LogP contribution in [0, 0.1) is 17.8 Å². The van der Waals surface area contributed by atoms with Gasteiger partial charge in [0.25, 0.3) is 0 Å². The summed E-state index contributed by atoms with van der Waals surface area (Å²) in [5.74, 6) is 1.12. The Balaban J connectivity index is 2.05. The Hall–Kier alpha value is -0.440. The summed E-state index contributed by atoms with van der Waals surface area (Å²) in [5, 5.41) is 0.816. The number of hydrogen-bond acceptors (Lipinski definition) is 2. The van der Waals surface area contributed by atoms with Gasteiger partial charge in [-0.15, -0.1) is 0 Å². The molecule has 0 heterocycles. The van der Waals surface area contributed by atoms with E-state index in [9.17, 15) is 4.79 Å². The second-order valence-corrected chi connectivity index (χ2v) is 6.81. The van der Waals surface area contributed by atoms with E-state index in [0.717, 1.165) is 0 Å². The van der Waals surface area contributed by atoms with Gasteiger partial charge in [-0.1, -0.05) is 48.7 Å². The van der Waals surface area contributed by atoms with E-state index in [1.165, 1.54) is 25.0 Å². The van der Waals surface area contributed by atoms with E-state index < -0.39 is 5.97 Å². The van der Waals surface area contributed by atoms with Crippen molar-refractivity contribution in [2.24, 2.45) is 17.8 Å². The number of carbonyl (C=O) groups is 1. The molecule has 1 aromatic rings. The smallest absolute Gasteiger partial charge is 0.339 e. The maximum atomic E-state index is 12.1. The van der Waals surface area contributed by atoms with Gasteiger partial charge in [-0.25, -0.2) is 4.79 Å². The van der Waals surface area contributed by atoms with Crippen LogP contribution in [0.15, 0.2) is 12.1 Å². The van der Waals surface area contributed by atoms with Crippen molar-refractivity contribution < 1.29 is 9.53 Å². The van der Waals surface area contributed by atoms with Crippen LogP contribution in [0.1, 0.15) is 37.0 Å². The minimum atomic E-state index is -0.467. The first-order chi connectivity index (χ1) is 9.40. The van der Waals surface area contributed by atoms with Crippen molar-refractivity contribution in [1.29, 1.82) is 0 Å². The molecule has 1 unspecified atom stereocenters. The van der Waals surface area contributed by atoms with Crippen LogP contribution >= 0.6 is 34.8 Å². The van der Waals surface area contributed by atoms with Gasteiger partial charge in [0.2, 0.25) is 0 Å². The lowest BCUT2D eigenvalue weighted by molar-refractivity contribution is 0.0382. The Labute approximate surface area is 134 Å². The highest BCUT2D eigenvalue weighted by Gasteiger charge is 2.34. The standard InChI is InChI=1S/C15H17Cl3O2/c1-8(2)12(9-3-4-9)7-20-15(19)11-5-10(16)6-13(17)14(11)18/h5-6,8-9,12H,3-4,7H2,1-2H3. The highest BCUT2D eigenvalue weighted by Crippen LogP contribution is 2.40. The molecule has 2 nitrogen and oxygen atoms in total. The minimum absolute atomic E-state index is 0.189. The SMILES string of the molecule is CC(C)C(COC(=O)c1cc(Cl)cc(Cl)c1Cl)C1CC1. The third-order valence-corrected chi connectivity index (χ3v) is 4.72. The number of carbonyl (C=O) groups excluding carboxylic acids is 1.